The molecule has 1 atom stereocenters. The summed E-state index contributed by atoms with van der Waals surface area (Å²) in [5.41, 5.74) is 1.77. The van der Waals surface area contributed by atoms with Crippen molar-refractivity contribution in [2.75, 3.05) is 19.4 Å². The minimum Gasteiger partial charge on any atom is -0.395 e. The highest BCUT2D eigenvalue weighted by Crippen LogP contribution is 2.25. The Morgan fingerprint density at radius 2 is 1.82 bits per heavy atom. The van der Waals surface area contributed by atoms with Gasteiger partial charge in [0.25, 0.3) is 0 Å². The SMILES string of the molecule is CS(=O)(=O)c1cccc(C(NCCO)c2ccc(Cl)cc2)c1. The fraction of sp³-hybridized carbons (Fsp3) is 0.250. The smallest absolute Gasteiger partial charge is 0.175 e. The van der Waals surface area contributed by atoms with E-state index in [1.807, 2.05) is 18.2 Å². The number of halogens is 1. The van der Waals surface area contributed by atoms with E-state index in [1.165, 1.54) is 6.26 Å². The Morgan fingerprint density at radius 1 is 1.14 bits per heavy atom. The van der Waals surface area contributed by atoms with E-state index in [0.29, 0.717) is 11.6 Å². The molecule has 2 rings (SSSR count). The Labute approximate surface area is 135 Å². The minimum atomic E-state index is -3.27. The molecule has 2 aromatic rings. The van der Waals surface area contributed by atoms with Crippen molar-refractivity contribution < 1.29 is 13.5 Å². The van der Waals surface area contributed by atoms with E-state index in [-0.39, 0.29) is 17.5 Å². The molecule has 0 saturated carbocycles. The zero-order valence-electron chi connectivity index (χ0n) is 12.2. The summed E-state index contributed by atoms with van der Waals surface area (Å²) in [6.07, 6.45) is 1.19. The topological polar surface area (TPSA) is 66.4 Å². The molecule has 0 aromatic heterocycles. The van der Waals surface area contributed by atoms with E-state index in [0.717, 1.165) is 11.1 Å². The Hall–Kier alpha value is -1.40. The zero-order chi connectivity index (χ0) is 16.2. The van der Waals surface area contributed by atoms with Gasteiger partial charge in [0.2, 0.25) is 0 Å². The summed E-state index contributed by atoms with van der Waals surface area (Å²) in [4.78, 5) is 0.273. The molecule has 0 fully saturated rings. The predicted molar refractivity (Wildman–Crippen MR) is 87.9 cm³/mol. The van der Waals surface area contributed by atoms with Crippen LogP contribution in [0.15, 0.2) is 53.4 Å². The first kappa shape index (κ1) is 17.0. The standard InChI is InChI=1S/C16H18ClNO3S/c1-22(20,21)15-4-2-3-13(11-15)16(18-9-10-19)12-5-7-14(17)8-6-12/h2-8,11,16,18-19H,9-10H2,1H3. The lowest BCUT2D eigenvalue weighted by Gasteiger charge is -2.20. The van der Waals surface area contributed by atoms with E-state index in [4.69, 9.17) is 16.7 Å². The maximum Gasteiger partial charge on any atom is 0.175 e. The molecule has 22 heavy (non-hydrogen) atoms. The Morgan fingerprint density at radius 3 is 2.41 bits per heavy atom. The van der Waals surface area contributed by atoms with Gasteiger partial charge in [0.15, 0.2) is 9.84 Å². The lowest BCUT2D eigenvalue weighted by Crippen LogP contribution is -2.25. The minimum absolute atomic E-state index is 0.00411. The van der Waals surface area contributed by atoms with Gasteiger partial charge in [-0.15, -0.1) is 0 Å². The zero-order valence-corrected chi connectivity index (χ0v) is 13.7. The maximum absolute atomic E-state index is 11.7. The van der Waals surface area contributed by atoms with E-state index >= 15 is 0 Å². The molecule has 0 heterocycles. The Balaban J connectivity index is 2.43. The van der Waals surface area contributed by atoms with Crippen molar-refractivity contribution in [3.05, 3.63) is 64.7 Å². The second kappa shape index (κ2) is 7.24. The second-order valence-corrected chi connectivity index (χ2v) is 7.46. The molecule has 0 spiro atoms. The normalized spacial score (nSPS) is 13.0. The average molecular weight is 340 g/mol. The van der Waals surface area contributed by atoms with Gasteiger partial charge in [-0.05, 0) is 35.4 Å². The highest BCUT2D eigenvalue weighted by atomic mass is 35.5. The number of nitrogens with one attached hydrogen (secondary N) is 1. The van der Waals surface area contributed by atoms with Gasteiger partial charge in [-0.1, -0.05) is 35.9 Å². The molecule has 0 radical (unpaired) electrons. The fourth-order valence-corrected chi connectivity index (χ4v) is 3.02. The van der Waals surface area contributed by atoms with Crippen LogP contribution in [0.1, 0.15) is 17.2 Å². The van der Waals surface area contributed by atoms with Gasteiger partial charge in [-0.25, -0.2) is 8.42 Å². The van der Waals surface area contributed by atoms with Gasteiger partial charge in [-0.2, -0.15) is 0 Å². The number of rotatable bonds is 6. The van der Waals surface area contributed by atoms with Crippen LogP contribution in [0.2, 0.25) is 5.02 Å². The van der Waals surface area contributed by atoms with Crippen LogP contribution in [0.5, 0.6) is 0 Å². The maximum atomic E-state index is 11.7. The van der Waals surface area contributed by atoms with Gasteiger partial charge in [-0.3, -0.25) is 0 Å². The third-order valence-electron chi connectivity index (χ3n) is 3.28. The molecule has 1 unspecified atom stereocenters. The van der Waals surface area contributed by atoms with Gasteiger partial charge >= 0.3 is 0 Å². The van der Waals surface area contributed by atoms with Crippen LogP contribution in [0, 0.1) is 0 Å². The van der Waals surface area contributed by atoms with E-state index in [2.05, 4.69) is 5.32 Å². The summed E-state index contributed by atoms with van der Waals surface area (Å²) in [6.45, 7) is 0.395. The van der Waals surface area contributed by atoms with Gasteiger partial charge < -0.3 is 10.4 Å². The van der Waals surface area contributed by atoms with E-state index in [9.17, 15) is 8.42 Å². The van der Waals surface area contributed by atoms with Crippen LogP contribution in [0.3, 0.4) is 0 Å². The molecule has 0 aliphatic carbocycles. The van der Waals surface area contributed by atoms with Gasteiger partial charge in [0.1, 0.15) is 0 Å². The lowest BCUT2D eigenvalue weighted by molar-refractivity contribution is 0.288. The van der Waals surface area contributed by atoms with Crippen molar-refractivity contribution in [2.24, 2.45) is 0 Å². The third-order valence-corrected chi connectivity index (χ3v) is 4.65. The number of benzene rings is 2. The molecule has 2 aromatic carbocycles. The number of sulfone groups is 1. The summed E-state index contributed by atoms with van der Waals surface area (Å²) in [5, 5.41) is 12.9. The molecule has 4 nitrogen and oxygen atoms in total. The Bertz CT molecular complexity index is 729. The fourth-order valence-electron chi connectivity index (χ4n) is 2.22. The quantitative estimate of drug-likeness (QED) is 0.848. The molecule has 118 valence electrons. The van der Waals surface area contributed by atoms with Crippen LogP contribution in [0.25, 0.3) is 0 Å². The lowest BCUT2D eigenvalue weighted by atomic mass is 9.99. The molecule has 0 aliphatic rings. The van der Waals surface area contributed by atoms with Crippen molar-refractivity contribution >= 4 is 21.4 Å². The number of aliphatic hydroxyl groups excluding tert-OH is 1. The molecular weight excluding hydrogens is 322 g/mol. The first-order valence-corrected chi connectivity index (χ1v) is 9.08. The largest absolute Gasteiger partial charge is 0.395 e. The van der Waals surface area contributed by atoms with E-state index in [1.54, 1.807) is 30.3 Å². The van der Waals surface area contributed by atoms with Crippen molar-refractivity contribution in [1.29, 1.82) is 0 Å². The number of aliphatic hydroxyl groups is 1. The van der Waals surface area contributed by atoms with Crippen molar-refractivity contribution in [3.63, 3.8) is 0 Å². The van der Waals surface area contributed by atoms with Gasteiger partial charge in [0, 0.05) is 17.8 Å². The predicted octanol–water partition coefficient (Wildman–Crippen LogP) is 2.41. The summed E-state index contributed by atoms with van der Waals surface area (Å²) in [6, 6.07) is 13.9. The molecule has 0 saturated heterocycles. The molecular formula is C16H18ClNO3S. The van der Waals surface area contributed by atoms with Crippen LogP contribution in [-0.2, 0) is 9.84 Å². The number of hydrogen-bond acceptors (Lipinski definition) is 4. The molecule has 0 amide bonds. The van der Waals surface area contributed by atoms with Crippen molar-refractivity contribution in [2.45, 2.75) is 10.9 Å². The highest BCUT2D eigenvalue weighted by molar-refractivity contribution is 7.90. The number of hydrogen-bond donors (Lipinski definition) is 2. The second-order valence-electron chi connectivity index (χ2n) is 5.01. The van der Waals surface area contributed by atoms with Crippen LogP contribution in [-0.4, -0.2) is 32.9 Å². The first-order chi connectivity index (χ1) is 10.4. The van der Waals surface area contributed by atoms with Crippen LogP contribution >= 0.6 is 11.6 Å². The molecule has 2 N–H and O–H groups in total. The summed E-state index contributed by atoms with van der Waals surface area (Å²) >= 11 is 5.91. The van der Waals surface area contributed by atoms with Crippen LogP contribution < -0.4 is 5.32 Å². The third kappa shape index (κ3) is 4.30. The van der Waals surface area contributed by atoms with Crippen molar-refractivity contribution in [1.82, 2.24) is 5.32 Å². The van der Waals surface area contributed by atoms with Gasteiger partial charge in [0.05, 0.1) is 17.5 Å². The molecule has 0 aliphatic heterocycles. The molecule has 6 heteroatoms. The Kier molecular flexibility index (Phi) is 5.58. The molecule has 0 bridgehead atoms. The monoisotopic (exact) mass is 339 g/mol. The van der Waals surface area contributed by atoms with E-state index < -0.39 is 9.84 Å². The summed E-state index contributed by atoms with van der Waals surface area (Å²) in [7, 11) is -3.27. The van der Waals surface area contributed by atoms with Crippen LogP contribution in [0.4, 0.5) is 0 Å². The highest BCUT2D eigenvalue weighted by Gasteiger charge is 2.16. The first-order valence-electron chi connectivity index (χ1n) is 6.81. The summed E-state index contributed by atoms with van der Waals surface area (Å²) < 4.78 is 23.5. The van der Waals surface area contributed by atoms with Crippen molar-refractivity contribution in [3.8, 4) is 0 Å². The average Bonchev–Trinajstić information content (AvgIpc) is 2.49. The summed E-state index contributed by atoms with van der Waals surface area (Å²) in [5.74, 6) is 0.